The summed E-state index contributed by atoms with van der Waals surface area (Å²) in [4.78, 5) is 14.3. The van der Waals surface area contributed by atoms with E-state index in [-0.39, 0.29) is 5.91 Å². The van der Waals surface area contributed by atoms with Crippen molar-refractivity contribution >= 4 is 5.91 Å². The molecule has 1 amide bonds. The van der Waals surface area contributed by atoms with Gasteiger partial charge in [-0.1, -0.05) is 42.5 Å². The minimum Gasteiger partial charge on any atom is -0.338 e. The molecule has 95 valence electrons. The van der Waals surface area contributed by atoms with Gasteiger partial charge in [0.15, 0.2) is 0 Å². The Morgan fingerprint density at radius 2 is 1.84 bits per heavy atom. The molecule has 0 N–H and O–H groups in total. The van der Waals surface area contributed by atoms with Crippen molar-refractivity contribution in [3.63, 3.8) is 0 Å². The Balaban J connectivity index is 1.71. The average Bonchev–Trinajstić information content (AvgIpc) is 2.98. The van der Waals surface area contributed by atoms with Crippen LogP contribution in [-0.4, -0.2) is 23.9 Å². The highest BCUT2D eigenvalue weighted by Crippen LogP contribution is 2.27. The number of amides is 1. The number of carbonyl (C=O) groups excluding carboxylic acids is 1. The van der Waals surface area contributed by atoms with E-state index in [2.05, 4.69) is 30.3 Å². The Labute approximate surface area is 113 Å². The van der Waals surface area contributed by atoms with Crippen LogP contribution in [0.5, 0.6) is 0 Å². The van der Waals surface area contributed by atoms with E-state index in [0.29, 0.717) is 5.92 Å². The van der Waals surface area contributed by atoms with Crippen molar-refractivity contribution in [2.24, 2.45) is 0 Å². The molecule has 0 spiro atoms. The summed E-state index contributed by atoms with van der Waals surface area (Å²) in [5.41, 5.74) is 2.09. The van der Waals surface area contributed by atoms with Gasteiger partial charge in [-0.3, -0.25) is 4.79 Å². The molecule has 2 heteroatoms. The minimum absolute atomic E-state index is 0.132. The molecule has 19 heavy (non-hydrogen) atoms. The van der Waals surface area contributed by atoms with Crippen molar-refractivity contribution in [3.05, 3.63) is 71.8 Å². The van der Waals surface area contributed by atoms with Gasteiger partial charge in [-0.25, -0.2) is 0 Å². The van der Waals surface area contributed by atoms with Crippen molar-refractivity contribution in [1.82, 2.24) is 4.90 Å². The Kier molecular flexibility index (Phi) is 3.32. The van der Waals surface area contributed by atoms with Gasteiger partial charge in [0.1, 0.15) is 0 Å². The van der Waals surface area contributed by atoms with Crippen molar-refractivity contribution in [3.8, 4) is 0 Å². The Hall–Kier alpha value is -2.09. The van der Waals surface area contributed by atoms with Crippen LogP contribution in [-0.2, 0) is 0 Å². The standard InChI is InChI=1S/C17H16NO/c19-17(15-9-5-2-6-10-15)18-12-11-16(13-18)14-7-3-1-4-8-14/h1,3-10,16H,11-13H2. The summed E-state index contributed by atoms with van der Waals surface area (Å²) in [6.45, 7) is 1.67. The Morgan fingerprint density at radius 1 is 1.11 bits per heavy atom. The molecule has 1 radical (unpaired) electrons. The number of nitrogens with zero attached hydrogens (tertiary/aromatic N) is 1. The van der Waals surface area contributed by atoms with E-state index in [1.165, 1.54) is 5.56 Å². The molecular weight excluding hydrogens is 234 g/mol. The highest BCUT2D eigenvalue weighted by molar-refractivity contribution is 5.94. The van der Waals surface area contributed by atoms with Crippen LogP contribution in [0.1, 0.15) is 28.3 Å². The van der Waals surface area contributed by atoms with Crippen molar-refractivity contribution < 1.29 is 4.79 Å². The normalized spacial score (nSPS) is 18.5. The molecule has 2 aromatic carbocycles. The van der Waals surface area contributed by atoms with E-state index in [9.17, 15) is 4.79 Å². The molecule has 0 saturated carbocycles. The van der Waals surface area contributed by atoms with Gasteiger partial charge in [-0.2, -0.15) is 0 Å². The van der Waals surface area contributed by atoms with Crippen molar-refractivity contribution in [1.29, 1.82) is 0 Å². The van der Waals surface area contributed by atoms with Crippen molar-refractivity contribution in [2.45, 2.75) is 12.3 Å². The predicted octanol–water partition coefficient (Wildman–Crippen LogP) is 3.12. The Morgan fingerprint density at radius 3 is 2.58 bits per heavy atom. The first kappa shape index (κ1) is 12.0. The predicted molar refractivity (Wildman–Crippen MR) is 75.0 cm³/mol. The first-order chi connectivity index (χ1) is 9.34. The minimum atomic E-state index is 0.132. The molecular formula is C17H16NO. The number of carbonyl (C=O) groups is 1. The summed E-state index contributed by atoms with van der Waals surface area (Å²) in [6, 6.07) is 20.6. The number of hydrogen-bond donors (Lipinski definition) is 0. The highest BCUT2D eigenvalue weighted by Gasteiger charge is 2.27. The van der Waals surface area contributed by atoms with Gasteiger partial charge in [0.05, 0.1) is 0 Å². The molecule has 1 aliphatic rings. The van der Waals surface area contributed by atoms with Crippen LogP contribution in [0.15, 0.2) is 54.6 Å². The molecule has 0 aliphatic carbocycles. The molecule has 2 aromatic rings. The number of likely N-dealkylation sites (tertiary alicyclic amines) is 1. The SMILES string of the molecule is O=C(c1cc[c]cc1)N1CCC(c2ccccc2)C1. The lowest BCUT2D eigenvalue weighted by atomic mass is 9.99. The summed E-state index contributed by atoms with van der Waals surface area (Å²) in [7, 11) is 0. The zero-order valence-corrected chi connectivity index (χ0v) is 10.8. The van der Waals surface area contributed by atoms with E-state index in [1.807, 2.05) is 23.1 Å². The molecule has 0 aromatic heterocycles. The Bertz CT molecular complexity index is 550. The molecule has 1 aliphatic heterocycles. The third kappa shape index (κ3) is 2.53. The number of hydrogen-bond acceptors (Lipinski definition) is 1. The van der Waals surface area contributed by atoms with Crippen LogP contribution in [0.25, 0.3) is 0 Å². The van der Waals surface area contributed by atoms with Crippen LogP contribution in [0.3, 0.4) is 0 Å². The maximum atomic E-state index is 12.3. The van der Waals surface area contributed by atoms with Gasteiger partial charge in [-0.15, -0.1) is 0 Å². The van der Waals surface area contributed by atoms with Gasteiger partial charge < -0.3 is 4.90 Å². The quantitative estimate of drug-likeness (QED) is 0.802. The van der Waals surface area contributed by atoms with E-state index >= 15 is 0 Å². The molecule has 3 rings (SSSR count). The maximum absolute atomic E-state index is 12.3. The van der Waals surface area contributed by atoms with Crippen LogP contribution < -0.4 is 0 Å². The summed E-state index contributed by atoms with van der Waals surface area (Å²) in [5, 5.41) is 0. The van der Waals surface area contributed by atoms with E-state index in [1.54, 1.807) is 12.1 Å². The summed E-state index contributed by atoms with van der Waals surface area (Å²) >= 11 is 0. The van der Waals surface area contributed by atoms with Gasteiger partial charge in [-0.05, 0) is 30.2 Å². The van der Waals surface area contributed by atoms with Crippen LogP contribution in [0.2, 0.25) is 0 Å². The lowest BCUT2D eigenvalue weighted by molar-refractivity contribution is 0.0791. The second-order valence-electron chi connectivity index (χ2n) is 4.94. The first-order valence-corrected chi connectivity index (χ1v) is 6.65. The fourth-order valence-corrected chi connectivity index (χ4v) is 2.65. The van der Waals surface area contributed by atoms with Gasteiger partial charge >= 0.3 is 0 Å². The molecule has 1 fully saturated rings. The second kappa shape index (κ2) is 5.27. The fourth-order valence-electron chi connectivity index (χ4n) is 2.65. The zero-order chi connectivity index (χ0) is 13.1. The summed E-state index contributed by atoms with van der Waals surface area (Å²) < 4.78 is 0. The van der Waals surface area contributed by atoms with Gasteiger partial charge in [0.25, 0.3) is 5.91 Å². The topological polar surface area (TPSA) is 20.3 Å². The zero-order valence-electron chi connectivity index (χ0n) is 10.8. The third-order valence-electron chi connectivity index (χ3n) is 3.71. The molecule has 2 nitrogen and oxygen atoms in total. The molecule has 0 bridgehead atoms. The largest absolute Gasteiger partial charge is 0.338 e. The second-order valence-corrected chi connectivity index (χ2v) is 4.94. The number of rotatable bonds is 2. The average molecular weight is 250 g/mol. The molecule has 1 atom stereocenters. The van der Waals surface area contributed by atoms with E-state index < -0.39 is 0 Å². The summed E-state index contributed by atoms with van der Waals surface area (Å²) in [5.74, 6) is 0.604. The first-order valence-electron chi connectivity index (χ1n) is 6.65. The lowest BCUT2D eigenvalue weighted by Crippen LogP contribution is -2.28. The van der Waals surface area contributed by atoms with Crippen LogP contribution >= 0.6 is 0 Å². The van der Waals surface area contributed by atoms with Gasteiger partial charge in [0, 0.05) is 24.6 Å². The summed E-state index contributed by atoms with van der Waals surface area (Å²) in [6.07, 6.45) is 1.05. The number of benzene rings is 2. The smallest absolute Gasteiger partial charge is 0.253 e. The van der Waals surface area contributed by atoms with E-state index in [0.717, 1.165) is 25.1 Å². The monoisotopic (exact) mass is 250 g/mol. The molecule has 1 heterocycles. The molecule has 1 unspecified atom stereocenters. The molecule has 1 saturated heterocycles. The fraction of sp³-hybridized carbons (Fsp3) is 0.235. The maximum Gasteiger partial charge on any atom is 0.253 e. The third-order valence-corrected chi connectivity index (χ3v) is 3.71. The van der Waals surface area contributed by atoms with Gasteiger partial charge in [0.2, 0.25) is 0 Å². The highest BCUT2D eigenvalue weighted by atomic mass is 16.2. The van der Waals surface area contributed by atoms with Crippen molar-refractivity contribution in [2.75, 3.05) is 13.1 Å². The van der Waals surface area contributed by atoms with Crippen LogP contribution in [0, 0.1) is 6.07 Å². The lowest BCUT2D eigenvalue weighted by Gasteiger charge is -2.16. The van der Waals surface area contributed by atoms with Crippen LogP contribution in [0.4, 0.5) is 0 Å². The van der Waals surface area contributed by atoms with E-state index in [4.69, 9.17) is 0 Å².